The predicted molar refractivity (Wildman–Crippen MR) is 74.9 cm³/mol. The molecule has 0 aliphatic heterocycles. The standard InChI is InChI=1S/C16H19NO2/c1-19-16(8-4-5-9-16)15(18)13-10-12-6-2-3-7-14(12)17-11-13/h2-3,6-7,10-11,15,18H,4-5,8-9H2,1H3. The summed E-state index contributed by atoms with van der Waals surface area (Å²) in [6, 6.07) is 9.98. The maximum Gasteiger partial charge on any atom is 0.109 e. The molecule has 100 valence electrons. The quantitative estimate of drug-likeness (QED) is 0.918. The number of para-hydroxylation sites is 1. The average Bonchev–Trinajstić information content (AvgIpc) is 2.96. The molecule has 1 heterocycles. The number of hydrogen-bond acceptors (Lipinski definition) is 3. The minimum atomic E-state index is -0.600. The smallest absolute Gasteiger partial charge is 0.109 e. The van der Waals surface area contributed by atoms with Crippen molar-refractivity contribution in [3.63, 3.8) is 0 Å². The Balaban J connectivity index is 1.99. The Morgan fingerprint density at radius 3 is 2.74 bits per heavy atom. The molecule has 1 unspecified atom stereocenters. The zero-order valence-electron chi connectivity index (χ0n) is 11.2. The molecule has 1 N–H and O–H groups in total. The van der Waals surface area contributed by atoms with Crippen molar-refractivity contribution < 1.29 is 9.84 Å². The highest BCUT2D eigenvalue weighted by atomic mass is 16.5. The molecule has 0 bridgehead atoms. The SMILES string of the molecule is COC1(C(O)c2cnc3ccccc3c2)CCCC1. The first-order valence-corrected chi connectivity index (χ1v) is 6.83. The number of pyridine rings is 1. The lowest BCUT2D eigenvalue weighted by atomic mass is 9.89. The van der Waals surface area contributed by atoms with E-state index in [4.69, 9.17) is 4.74 Å². The van der Waals surface area contributed by atoms with Crippen LogP contribution in [-0.4, -0.2) is 22.8 Å². The molecular weight excluding hydrogens is 238 g/mol. The van der Waals surface area contributed by atoms with Crippen LogP contribution in [0.3, 0.4) is 0 Å². The van der Waals surface area contributed by atoms with Gasteiger partial charge >= 0.3 is 0 Å². The monoisotopic (exact) mass is 257 g/mol. The Morgan fingerprint density at radius 2 is 2.00 bits per heavy atom. The second-order valence-electron chi connectivity index (χ2n) is 5.34. The molecule has 19 heavy (non-hydrogen) atoms. The van der Waals surface area contributed by atoms with Crippen LogP contribution in [0, 0.1) is 0 Å². The third kappa shape index (κ3) is 2.13. The largest absolute Gasteiger partial charge is 0.385 e. The number of methoxy groups -OCH3 is 1. The van der Waals surface area contributed by atoms with Gasteiger partial charge in [0.05, 0.1) is 11.1 Å². The number of fused-ring (bicyclic) bond motifs is 1. The molecule has 1 aliphatic rings. The van der Waals surface area contributed by atoms with Crippen molar-refractivity contribution in [3.8, 4) is 0 Å². The predicted octanol–water partition coefficient (Wildman–Crippen LogP) is 3.23. The van der Waals surface area contributed by atoms with Crippen LogP contribution in [0.4, 0.5) is 0 Å². The van der Waals surface area contributed by atoms with E-state index in [2.05, 4.69) is 4.98 Å². The van der Waals surface area contributed by atoms with Gasteiger partial charge in [0.1, 0.15) is 6.10 Å². The zero-order chi connectivity index (χ0) is 13.3. The summed E-state index contributed by atoms with van der Waals surface area (Å²) in [5.74, 6) is 0. The van der Waals surface area contributed by atoms with Crippen molar-refractivity contribution in [3.05, 3.63) is 42.1 Å². The molecule has 1 fully saturated rings. The van der Waals surface area contributed by atoms with Gasteiger partial charge in [0.15, 0.2) is 0 Å². The normalized spacial score (nSPS) is 19.7. The Kier molecular flexibility index (Phi) is 3.25. The summed E-state index contributed by atoms with van der Waals surface area (Å²) in [4.78, 5) is 4.42. The summed E-state index contributed by atoms with van der Waals surface area (Å²) in [6.45, 7) is 0. The van der Waals surface area contributed by atoms with E-state index in [1.54, 1.807) is 13.3 Å². The summed E-state index contributed by atoms with van der Waals surface area (Å²) in [5, 5.41) is 11.7. The van der Waals surface area contributed by atoms with Gasteiger partial charge in [-0.2, -0.15) is 0 Å². The number of aliphatic hydroxyl groups is 1. The van der Waals surface area contributed by atoms with Gasteiger partial charge in [0.2, 0.25) is 0 Å². The van der Waals surface area contributed by atoms with E-state index in [0.717, 1.165) is 42.1 Å². The van der Waals surface area contributed by atoms with Crippen LogP contribution in [0.2, 0.25) is 0 Å². The topological polar surface area (TPSA) is 42.4 Å². The van der Waals surface area contributed by atoms with Gasteiger partial charge in [0, 0.05) is 24.3 Å². The second kappa shape index (κ2) is 4.91. The van der Waals surface area contributed by atoms with E-state index in [1.165, 1.54) is 0 Å². The van der Waals surface area contributed by atoms with Crippen LogP contribution in [-0.2, 0) is 4.74 Å². The van der Waals surface area contributed by atoms with Gasteiger partial charge in [-0.1, -0.05) is 31.0 Å². The van der Waals surface area contributed by atoms with Gasteiger partial charge in [-0.15, -0.1) is 0 Å². The van der Waals surface area contributed by atoms with Crippen molar-refractivity contribution in [2.45, 2.75) is 37.4 Å². The van der Waals surface area contributed by atoms with Crippen LogP contribution in [0.1, 0.15) is 37.4 Å². The molecule has 3 heteroatoms. The average molecular weight is 257 g/mol. The lowest BCUT2D eigenvalue weighted by Crippen LogP contribution is -2.35. The zero-order valence-corrected chi connectivity index (χ0v) is 11.2. The number of aromatic nitrogens is 1. The highest BCUT2D eigenvalue weighted by Gasteiger charge is 2.41. The maximum atomic E-state index is 10.7. The Bertz CT molecular complexity index is 576. The number of rotatable bonds is 3. The van der Waals surface area contributed by atoms with E-state index < -0.39 is 11.7 Å². The summed E-state index contributed by atoms with van der Waals surface area (Å²) >= 11 is 0. The summed E-state index contributed by atoms with van der Waals surface area (Å²) in [5.41, 5.74) is 1.38. The first-order chi connectivity index (χ1) is 9.25. The van der Waals surface area contributed by atoms with Crippen molar-refractivity contribution in [1.82, 2.24) is 4.98 Å². The summed E-state index contributed by atoms with van der Waals surface area (Å²) in [7, 11) is 1.70. The van der Waals surface area contributed by atoms with E-state index in [0.29, 0.717) is 0 Å². The van der Waals surface area contributed by atoms with Crippen LogP contribution < -0.4 is 0 Å². The van der Waals surface area contributed by atoms with Crippen LogP contribution in [0.15, 0.2) is 36.5 Å². The van der Waals surface area contributed by atoms with Crippen molar-refractivity contribution >= 4 is 10.9 Å². The molecule has 1 aliphatic carbocycles. The molecule has 3 rings (SSSR count). The summed E-state index contributed by atoms with van der Waals surface area (Å²) < 4.78 is 5.65. The fourth-order valence-electron chi connectivity index (χ4n) is 3.10. The third-order valence-corrected chi connectivity index (χ3v) is 4.28. The highest BCUT2D eigenvalue weighted by molar-refractivity contribution is 5.78. The Hall–Kier alpha value is -1.45. The molecule has 0 saturated heterocycles. The minimum Gasteiger partial charge on any atom is -0.385 e. The molecule has 0 spiro atoms. The molecule has 3 nitrogen and oxygen atoms in total. The van der Waals surface area contributed by atoms with Crippen LogP contribution in [0.25, 0.3) is 10.9 Å². The molecule has 0 radical (unpaired) electrons. The number of aliphatic hydroxyl groups excluding tert-OH is 1. The maximum absolute atomic E-state index is 10.7. The second-order valence-corrected chi connectivity index (χ2v) is 5.34. The van der Waals surface area contributed by atoms with E-state index in [-0.39, 0.29) is 0 Å². The number of benzene rings is 1. The fourth-order valence-corrected chi connectivity index (χ4v) is 3.10. The molecule has 1 atom stereocenters. The van der Waals surface area contributed by atoms with E-state index in [1.807, 2.05) is 30.3 Å². The van der Waals surface area contributed by atoms with Gasteiger partial charge in [-0.25, -0.2) is 0 Å². The lowest BCUT2D eigenvalue weighted by molar-refractivity contribution is -0.100. The van der Waals surface area contributed by atoms with Gasteiger partial charge < -0.3 is 9.84 Å². The Morgan fingerprint density at radius 1 is 1.26 bits per heavy atom. The van der Waals surface area contributed by atoms with Crippen molar-refractivity contribution in [1.29, 1.82) is 0 Å². The molecule has 2 aromatic rings. The minimum absolute atomic E-state index is 0.426. The van der Waals surface area contributed by atoms with E-state index >= 15 is 0 Å². The first kappa shape index (κ1) is 12.6. The molecule has 1 aromatic carbocycles. The van der Waals surface area contributed by atoms with Gasteiger partial charge in [-0.3, -0.25) is 4.98 Å². The van der Waals surface area contributed by atoms with Gasteiger partial charge in [-0.05, 0) is 25.0 Å². The number of nitrogens with zero attached hydrogens (tertiary/aromatic N) is 1. The van der Waals surface area contributed by atoms with Gasteiger partial charge in [0.25, 0.3) is 0 Å². The van der Waals surface area contributed by atoms with Crippen LogP contribution in [0.5, 0.6) is 0 Å². The Labute approximate surface area is 113 Å². The highest BCUT2D eigenvalue weighted by Crippen LogP contribution is 2.42. The molecule has 1 aromatic heterocycles. The summed E-state index contributed by atoms with van der Waals surface area (Å²) in [6.07, 6.45) is 5.23. The number of hydrogen-bond donors (Lipinski definition) is 1. The van der Waals surface area contributed by atoms with Crippen molar-refractivity contribution in [2.24, 2.45) is 0 Å². The van der Waals surface area contributed by atoms with Crippen LogP contribution >= 0.6 is 0 Å². The molecule has 0 amide bonds. The molecular formula is C16H19NO2. The van der Waals surface area contributed by atoms with E-state index in [9.17, 15) is 5.11 Å². The molecule has 1 saturated carbocycles. The van der Waals surface area contributed by atoms with Crippen molar-refractivity contribution in [2.75, 3.05) is 7.11 Å². The first-order valence-electron chi connectivity index (χ1n) is 6.83. The fraction of sp³-hybridized carbons (Fsp3) is 0.438. The third-order valence-electron chi connectivity index (χ3n) is 4.28. The number of ether oxygens (including phenoxy) is 1. The lowest BCUT2D eigenvalue weighted by Gasteiger charge is -2.33.